The van der Waals surface area contributed by atoms with Crippen LogP contribution in [0, 0.1) is 0 Å². The van der Waals surface area contributed by atoms with E-state index in [4.69, 9.17) is 14.2 Å². The van der Waals surface area contributed by atoms with Crippen molar-refractivity contribution in [2.45, 2.75) is 32.0 Å². The zero-order valence-corrected chi connectivity index (χ0v) is 28.6. The smallest absolute Gasteiger partial charge is 0.243 e. The number of carbonyl (C=O) groups is 2. The summed E-state index contributed by atoms with van der Waals surface area (Å²) in [4.78, 5) is 29.8. The lowest BCUT2D eigenvalue weighted by Crippen LogP contribution is -2.53. The molecule has 0 aliphatic heterocycles. The standard InChI is InChI=1S/C37H43N3O7S/c1-45-32-18-15-31(16-19-32)26-40(36(41)27-39(48(4,43)44)25-30-13-9-6-10-14-30)33(23-28-11-7-5-8-12-28)37(42)38-22-21-29-17-20-34(46-2)35(24-29)47-3/h5-20,24,33H,21-23,25-27H2,1-4H3,(H,38,42). The molecule has 2 amide bonds. The zero-order chi connectivity index (χ0) is 34.5. The molecule has 0 aromatic heterocycles. The molecule has 10 nitrogen and oxygen atoms in total. The first-order chi connectivity index (χ1) is 23.1. The zero-order valence-electron chi connectivity index (χ0n) is 27.8. The molecule has 0 spiro atoms. The largest absolute Gasteiger partial charge is 0.497 e. The van der Waals surface area contributed by atoms with Crippen molar-refractivity contribution in [3.05, 3.63) is 125 Å². The Bertz CT molecular complexity index is 1730. The predicted octanol–water partition coefficient (Wildman–Crippen LogP) is 4.47. The topological polar surface area (TPSA) is 114 Å². The molecule has 48 heavy (non-hydrogen) atoms. The minimum atomic E-state index is -3.78. The average molecular weight is 674 g/mol. The molecule has 0 heterocycles. The summed E-state index contributed by atoms with van der Waals surface area (Å²) in [5.74, 6) is 0.997. The molecular formula is C37H43N3O7S. The summed E-state index contributed by atoms with van der Waals surface area (Å²) in [5.41, 5.74) is 3.29. The summed E-state index contributed by atoms with van der Waals surface area (Å²) >= 11 is 0. The molecule has 1 unspecified atom stereocenters. The second-order valence-electron chi connectivity index (χ2n) is 11.3. The molecule has 1 atom stereocenters. The maximum absolute atomic E-state index is 14.3. The fourth-order valence-electron chi connectivity index (χ4n) is 5.28. The van der Waals surface area contributed by atoms with Crippen LogP contribution in [0.15, 0.2) is 103 Å². The molecule has 254 valence electrons. The van der Waals surface area contributed by atoms with E-state index in [0.29, 0.717) is 30.2 Å². The highest BCUT2D eigenvalue weighted by Gasteiger charge is 2.33. The molecular weight excluding hydrogens is 630 g/mol. The van der Waals surface area contributed by atoms with Gasteiger partial charge in [-0.05, 0) is 52.9 Å². The van der Waals surface area contributed by atoms with Gasteiger partial charge in [-0.1, -0.05) is 78.9 Å². The van der Waals surface area contributed by atoms with E-state index in [-0.39, 0.29) is 25.4 Å². The number of nitrogens with zero attached hydrogens (tertiary/aromatic N) is 2. The van der Waals surface area contributed by atoms with Gasteiger partial charge >= 0.3 is 0 Å². The molecule has 0 saturated heterocycles. The van der Waals surface area contributed by atoms with Gasteiger partial charge in [0.1, 0.15) is 11.8 Å². The predicted molar refractivity (Wildman–Crippen MR) is 185 cm³/mol. The van der Waals surface area contributed by atoms with Gasteiger partial charge in [-0.3, -0.25) is 9.59 Å². The van der Waals surface area contributed by atoms with Gasteiger partial charge in [0.05, 0.1) is 34.1 Å². The Kier molecular flexibility index (Phi) is 13.0. The Morgan fingerprint density at radius 2 is 1.29 bits per heavy atom. The number of hydrogen-bond acceptors (Lipinski definition) is 7. The van der Waals surface area contributed by atoms with E-state index in [0.717, 1.165) is 32.8 Å². The van der Waals surface area contributed by atoms with Crippen LogP contribution < -0.4 is 19.5 Å². The summed E-state index contributed by atoms with van der Waals surface area (Å²) < 4.78 is 43.1. The van der Waals surface area contributed by atoms with E-state index in [1.807, 2.05) is 91.0 Å². The Hall–Kier alpha value is -4.87. The van der Waals surface area contributed by atoms with E-state index in [9.17, 15) is 18.0 Å². The lowest BCUT2D eigenvalue weighted by Gasteiger charge is -2.33. The number of methoxy groups -OCH3 is 3. The fourth-order valence-corrected chi connectivity index (χ4v) is 6.01. The second-order valence-corrected chi connectivity index (χ2v) is 13.3. The normalized spacial score (nSPS) is 11.9. The molecule has 1 N–H and O–H groups in total. The average Bonchev–Trinajstić information content (AvgIpc) is 3.10. The summed E-state index contributed by atoms with van der Waals surface area (Å²) in [5, 5.41) is 3.02. The number of hydrogen-bond donors (Lipinski definition) is 1. The van der Waals surface area contributed by atoms with Gasteiger partial charge in [0.15, 0.2) is 11.5 Å². The maximum Gasteiger partial charge on any atom is 0.243 e. The van der Waals surface area contributed by atoms with Crippen molar-refractivity contribution in [2.24, 2.45) is 0 Å². The molecule has 11 heteroatoms. The lowest BCUT2D eigenvalue weighted by molar-refractivity contribution is -0.141. The third-order valence-electron chi connectivity index (χ3n) is 7.93. The minimum absolute atomic E-state index is 0.0165. The van der Waals surface area contributed by atoms with Crippen molar-refractivity contribution in [1.82, 2.24) is 14.5 Å². The van der Waals surface area contributed by atoms with E-state index >= 15 is 0 Å². The first-order valence-corrected chi connectivity index (χ1v) is 17.4. The van der Waals surface area contributed by atoms with Gasteiger partial charge in [0.2, 0.25) is 21.8 Å². The maximum atomic E-state index is 14.3. The Labute approximate surface area is 283 Å². The number of rotatable bonds is 17. The van der Waals surface area contributed by atoms with E-state index in [1.54, 1.807) is 33.5 Å². The minimum Gasteiger partial charge on any atom is -0.497 e. The van der Waals surface area contributed by atoms with Crippen LogP contribution in [0.25, 0.3) is 0 Å². The van der Waals surface area contributed by atoms with Crippen LogP contribution in [0.5, 0.6) is 17.2 Å². The molecule has 4 aromatic carbocycles. The van der Waals surface area contributed by atoms with Gasteiger partial charge < -0.3 is 24.4 Å². The van der Waals surface area contributed by atoms with Gasteiger partial charge in [0, 0.05) is 26.1 Å². The lowest BCUT2D eigenvalue weighted by atomic mass is 10.0. The van der Waals surface area contributed by atoms with Gasteiger partial charge in [-0.15, -0.1) is 0 Å². The highest BCUT2D eigenvalue weighted by molar-refractivity contribution is 7.88. The summed E-state index contributed by atoms with van der Waals surface area (Å²) in [6.07, 6.45) is 1.82. The van der Waals surface area contributed by atoms with Crippen LogP contribution >= 0.6 is 0 Å². The third-order valence-corrected chi connectivity index (χ3v) is 9.12. The van der Waals surface area contributed by atoms with Gasteiger partial charge in [-0.25, -0.2) is 8.42 Å². The molecule has 0 saturated carbocycles. The van der Waals surface area contributed by atoms with Crippen LogP contribution in [0.3, 0.4) is 0 Å². The van der Waals surface area contributed by atoms with Crippen LogP contribution in [-0.2, 0) is 45.5 Å². The van der Waals surface area contributed by atoms with Crippen LogP contribution in [0.2, 0.25) is 0 Å². The molecule has 0 bridgehead atoms. The molecule has 0 aliphatic rings. The van der Waals surface area contributed by atoms with E-state index < -0.39 is 28.5 Å². The number of nitrogens with one attached hydrogen (secondary N) is 1. The van der Waals surface area contributed by atoms with Crippen molar-refractivity contribution in [3.63, 3.8) is 0 Å². The van der Waals surface area contributed by atoms with Crippen molar-refractivity contribution < 1.29 is 32.2 Å². The highest BCUT2D eigenvalue weighted by Crippen LogP contribution is 2.27. The number of carbonyl (C=O) groups excluding carboxylic acids is 2. The number of benzene rings is 4. The second kappa shape index (κ2) is 17.3. The number of ether oxygens (including phenoxy) is 3. The Morgan fingerprint density at radius 1 is 0.708 bits per heavy atom. The molecule has 4 rings (SSSR count). The van der Waals surface area contributed by atoms with Crippen molar-refractivity contribution in [3.8, 4) is 17.2 Å². The van der Waals surface area contributed by atoms with Crippen molar-refractivity contribution in [1.29, 1.82) is 0 Å². The van der Waals surface area contributed by atoms with Crippen LogP contribution in [0.4, 0.5) is 0 Å². The molecule has 0 aliphatic carbocycles. The molecule has 4 aromatic rings. The van der Waals surface area contributed by atoms with Crippen LogP contribution in [-0.4, -0.2) is 76.2 Å². The first kappa shape index (κ1) is 36.0. The molecule has 0 fully saturated rings. The number of sulfonamides is 1. The van der Waals surface area contributed by atoms with E-state index in [2.05, 4.69) is 5.32 Å². The van der Waals surface area contributed by atoms with Crippen LogP contribution in [0.1, 0.15) is 22.3 Å². The van der Waals surface area contributed by atoms with E-state index in [1.165, 1.54) is 4.90 Å². The van der Waals surface area contributed by atoms with Gasteiger partial charge in [-0.2, -0.15) is 4.31 Å². The summed E-state index contributed by atoms with van der Waals surface area (Å²) in [6, 6.07) is 30.4. The summed E-state index contributed by atoms with van der Waals surface area (Å²) in [6.45, 7) is -0.0449. The Balaban J connectivity index is 1.64. The SMILES string of the molecule is COc1ccc(CN(C(=O)CN(Cc2ccccc2)S(C)(=O)=O)C(Cc2ccccc2)C(=O)NCCc2ccc(OC)c(OC)c2)cc1. The Morgan fingerprint density at radius 3 is 1.88 bits per heavy atom. The third kappa shape index (κ3) is 10.3. The first-order valence-electron chi connectivity index (χ1n) is 15.5. The quantitative estimate of drug-likeness (QED) is 0.176. The van der Waals surface area contributed by atoms with Crippen molar-refractivity contribution in [2.75, 3.05) is 40.7 Å². The fraction of sp³-hybridized carbons (Fsp3) is 0.297. The van der Waals surface area contributed by atoms with Gasteiger partial charge in [0.25, 0.3) is 0 Å². The monoisotopic (exact) mass is 673 g/mol. The highest BCUT2D eigenvalue weighted by atomic mass is 32.2. The van der Waals surface area contributed by atoms with Crippen molar-refractivity contribution >= 4 is 21.8 Å². The summed E-state index contributed by atoms with van der Waals surface area (Å²) in [7, 11) is 0.921. The molecule has 0 radical (unpaired) electrons. The number of amides is 2.